The van der Waals surface area contributed by atoms with Gasteiger partial charge in [-0.25, -0.2) is 9.18 Å². The van der Waals surface area contributed by atoms with Gasteiger partial charge in [-0.15, -0.1) is 0 Å². The number of halogens is 1. The van der Waals surface area contributed by atoms with Crippen LogP contribution in [0, 0.1) is 5.82 Å². The molecular formula is C13H9FO2. The average Bonchev–Trinajstić information content (AvgIpc) is 2.29. The molecule has 2 aromatic rings. The Balaban J connectivity index is 2.65. The zero-order chi connectivity index (χ0) is 11.5. The van der Waals surface area contributed by atoms with E-state index in [4.69, 9.17) is 5.11 Å². The smallest absolute Gasteiger partial charge is 0.336 e. The molecule has 0 aromatic heterocycles. The van der Waals surface area contributed by atoms with Gasteiger partial charge in [0.2, 0.25) is 0 Å². The summed E-state index contributed by atoms with van der Waals surface area (Å²) in [7, 11) is 0. The fourth-order valence-electron chi connectivity index (χ4n) is 1.58. The third-order valence-corrected chi connectivity index (χ3v) is 2.32. The molecule has 0 aliphatic heterocycles. The molecule has 2 rings (SSSR count). The molecule has 16 heavy (non-hydrogen) atoms. The summed E-state index contributed by atoms with van der Waals surface area (Å²) in [6, 6.07) is 12.5. The van der Waals surface area contributed by atoms with Crippen LogP contribution in [0.1, 0.15) is 10.4 Å². The standard InChI is InChI=1S/C13H9FO2/c14-12-8-4-3-6-10(12)9-5-1-2-7-11(9)13(15)16/h1-8H,(H,15,16). The molecule has 0 saturated heterocycles. The summed E-state index contributed by atoms with van der Waals surface area (Å²) in [6.07, 6.45) is 0. The Bertz CT molecular complexity index is 535. The number of benzene rings is 2. The number of rotatable bonds is 2. The molecule has 2 nitrogen and oxygen atoms in total. The maximum Gasteiger partial charge on any atom is 0.336 e. The SMILES string of the molecule is O=C(O)c1ccccc1-c1ccccc1F. The van der Waals surface area contributed by atoms with Gasteiger partial charge in [-0.05, 0) is 17.7 Å². The lowest BCUT2D eigenvalue weighted by Gasteiger charge is -2.06. The average molecular weight is 216 g/mol. The number of hydrogen-bond acceptors (Lipinski definition) is 1. The molecule has 0 atom stereocenters. The lowest BCUT2D eigenvalue weighted by atomic mass is 9.99. The molecule has 0 saturated carbocycles. The highest BCUT2D eigenvalue weighted by molar-refractivity contribution is 5.96. The maximum atomic E-state index is 13.5. The molecule has 3 heteroatoms. The van der Waals surface area contributed by atoms with Gasteiger partial charge in [-0.1, -0.05) is 36.4 Å². The molecule has 0 unspecified atom stereocenters. The van der Waals surface area contributed by atoms with E-state index in [-0.39, 0.29) is 5.56 Å². The second kappa shape index (κ2) is 4.14. The molecule has 0 spiro atoms. The Kier molecular flexibility index (Phi) is 2.68. The number of carboxylic acids is 1. The van der Waals surface area contributed by atoms with Crippen molar-refractivity contribution < 1.29 is 14.3 Å². The number of aromatic carboxylic acids is 1. The van der Waals surface area contributed by atoms with Crippen molar-refractivity contribution in [3.05, 3.63) is 59.9 Å². The summed E-state index contributed by atoms with van der Waals surface area (Å²) in [5.41, 5.74) is 0.807. The van der Waals surface area contributed by atoms with Crippen LogP contribution in [0.4, 0.5) is 4.39 Å². The minimum atomic E-state index is -1.06. The van der Waals surface area contributed by atoms with Crippen molar-refractivity contribution in [2.24, 2.45) is 0 Å². The van der Waals surface area contributed by atoms with Gasteiger partial charge in [0.1, 0.15) is 5.82 Å². The quantitative estimate of drug-likeness (QED) is 0.837. The number of carbonyl (C=O) groups is 1. The largest absolute Gasteiger partial charge is 0.478 e. The third-order valence-electron chi connectivity index (χ3n) is 2.32. The fraction of sp³-hybridized carbons (Fsp3) is 0. The Labute approximate surface area is 92.0 Å². The summed E-state index contributed by atoms with van der Waals surface area (Å²) >= 11 is 0. The monoisotopic (exact) mass is 216 g/mol. The van der Waals surface area contributed by atoms with Crippen LogP contribution in [0.25, 0.3) is 11.1 Å². The van der Waals surface area contributed by atoms with Crippen LogP contribution in [0.15, 0.2) is 48.5 Å². The molecule has 2 aromatic carbocycles. The summed E-state index contributed by atoms with van der Waals surface area (Å²) < 4.78 is 13.5. The summed E-state index contributed by atoms with van der Waals surface area (Å²) in [4.78, 5) is 11.0. The molecule has 1 N–H and O–H groups in total. The van der Waals surface area contributed by atoms with E-state index < -0.39 is 11.8 Å². The molecule has 0 heterocycles. The third kappa shape index (κ3) is 1.80. The Morgan fingerprint density at radius 3 is 2.12 bits per heavy atom. The first-order chi connectivity index (χ1) is 7.70. The van der Waals surface area contributed by atoms with Gasteiger partial charge >= 0.3 is 5.97 Å². The van der Waals surface area contributed by atoms with Crippen molar-refractivity contribution in [2.45, 2.75) is 0 Å². The minimum absolute atomic E-state index is 0.104. The summed E-state index contributed by atoms with van der Waals surface area (Å²) in [5, 5.41) is 9.00. The van der Waals surface area contributed by atoms with E-state index in [9.17, 15) is 9.18 Å². The summed E-state index contributed by atoms with van der Waals surface area (Å²) in [6.45, 7) is 0. The topological polar surface area (TPSA) is 37.3 Å². The highest BCUT2D eigenvalue weighted by atomic mass is 19.1. The van der Waals surface area contributed by atoms with Gasteiger partial charge in [0.05, 0.1) is 5.56 Å². The second-order valence-electron chi connectivity index (χ2n) is 3.33. The Morgan fingerprint density at radius 2 is 1.50 bits per heavy atom. The Hall–Kier alpha value is -2.16. The summed E-state index contributed by atoms with van der Waals surface area (Å²) in [5.74, 6) is -1.48. The van der Waals surface area contributed by atoms with Crippen LogP contribution in [0.3, 0.4) is 0 Å². The lowest BCUT2D eigenvalue weighted by Crippen LogP contribution is -1.99. The van der Waals surface area contributed by atoms with Crippen LogP contribution in [-0.2, 0) is 0 Å². The molecule has 80 valence electrons. The Morgan fingerprint density at radius 1 is 0.938 bits per heavy atom. The van der Waals surface area contributed by atoms with E-state index in [0.717, 1.165) is 0 Å². The lowest BCUT2D eigenvalue weighted by molar-refractivity contribution is 0.0697. The first kappa shape index (κ1) is 10.4. The van der Waals surface area contributed by atoms with E-state index >= 15 is 0 Å². The van der Waals surface area contributed by atoms with Crippen molar-refractivity contribution >= 4 is 5.97 Å². The first-order valence-corrected chi connectivity index (χ1v) is 4.77. The predicted molar refractivity (Wildman–Crippen MR) is 58.8 cm³/mol. The molecule has 0 bridgehead atoms. The maximum absolute atomic E-state index is 13.5. The van der Waals surface area contributed by atoms with Crippen LogP contribution in [-0.4, -0.2) is 11.1 Å². The number of hydrogen-bond donors (Lipinski definition) is 1. The number of carboxylic acid groups (broad SMARTS) is 1. The predicted octanol–water partition coefficient (Wildman–Crippen LogP) is 3.19. The molecule has 0 aliphatic rings. The highest BCUT2D eigenvalue weighted by Gasteiger charge is 2.12. The zero-order valence-corrected chi connectivity index (χ0v) is 8.35. The van der Waals surface area contributed by atoms with Crippen LogP contribution in [0.5, 0.6) is 0 Å². The van der Waals surface area contributed by atoms with Crippen molar-refractivity contribution in [1.29, 1.82) is 0 Å². The van der Waals surface area contributed by atoms with E-state index in [2.05, 4.69) is 0 Å². The van der Waals surface area contributed by atoms with E-state index in [0.29, 0.717) is 11.1 Å². The molecule has 0 radical (unpaired) electrons. The molecule has 0 amide bonds. The first-order valence-electron chi connectivity index (χ1n) is 4.77. The van der Waals surface area contributed by atoms with E-state index in [1.165, 1.54) is 12.1 Å². The van der Waals surface area contributed by atoms with E-state index in [1.54, 1.807) is 36.4 Å². The van der Waals surface area contributed by atoms with Gasteiger partial charge in [0.15, 0.2) is 0 Å². The van der Waals surface area contributed by atoms with Crippen molar-refractivity contribution in [1.82, 2.24) is 0 Å². The van der Waals surface area contributed by atoms with Crippen molar-refractivity contribution in [2.75, 3.05) is 0 Å². The highest BCUT2D eigenvalue weighted by Crippen LogP contribution is 2.25. The molecule has 0 aliphatic carbocycles. The van der Waals surface area contributed by atoms with Gasteiger partial charge in [0, 0.05) is 5.56 Å². The minimum Gasteiger partial charge on any atom is -0.478 e. The molecular weight excluding hydrogens is 207 g/mol. The normalized spacial score (nSPS) is 10.1. The zero-order valence-electron chi connectivity index (χ0n) is 8.35. The van der Waals surface area contributed by atoms with Gasteiger partial charge in [-0.3, -0.25) is 0 Å². The van der Waals surface area contributed by atoms with Gasteiger partial charge < -0.3 is 5.11 Å². The van der Waals surface area contributed by atoms with Gasteiger partial charge in [-0.2, -0.15) is 0 Å². The van der Waals surface area contributed by atoms with Crippen molar-refractivity contribution in [3.63, 3.8) is 0 Å². The second-order valence-corrected chi connectivity index (χ2v) is 3.33. The fourth-order valence-corrected chi connectivity index (χ4v) is 1.58. The van der Waals surface area contributed by atoms with Crippen LogP contribution in [0.2, 0.25) is 0 Å². The van der Waals surface area contributed by atoms with E-state index in [1.807, 2.05) is 0 Å². The van der Waals surface area contributed by atoms with Crippen molar-refractivity contribution in [3.8, 4) is 11.1 Å². The molecule has 0 fully saturated rings. The van der Waals surface area contributed by atoms with Crippen LogP contribution >= 0.6 is 0 Å². The van der Waals surface area contributed by atoms with Gasteiger partial charge in [0.25, 0.3) is 0 Å². The van der Waals surface area contributed by atoms with Crippen LogP contribution < -0.4 is 0 Å².